The van der Waals surface area contributed by atoms with Crippen molar-refractivity contribution in [3.05, 3.63) is 17.5 Å². The van der Waals surface area contributed by atoms with Gasteiger partial charge in [0.25, 0.3) is 0 Å². The van der Waals surface area contributed by atoms with Gasteiger partial charge in [-0.25, -0.2) is 0 Å². The van der Waals surface area contributed by atoms with Crippen LogP contribution in [0.3, 0.4) is 0 Å². The maximum atomic E-state index is 12.3. The molecule has 0 spiro atoms. The molecular formula is C10H13F3N2O. The summed E-state index contributed by atoms with van der Waals surface area (Å²) >= 11 is 0. The first-order chi connectivity index (χ1) is 7.47. The number of alkyl halides is 3. The van der Waals surface area contributed by atoms with Crippen molar-refractivity contribution in [3.63, 3.8) is 0 Å². The quantitative estimate of drug-likeness (QED) is 0.747. The zero-order chi connectivity index (χ0) is 11.8. The van der Waals surface area contributed by atoms with Crippen LogP contribution < -0.4 is 0 Å². The molecule has 2 heterocycles. The summed E-state index contributed by atoms with van der Waals surface area (Å²) in [6.07, 6.45) is -2.76. The molecule has 0 atom stereocenters. The van der Waals surface area contributed by atoms with E-state index in [4.69, 9.17) is 4.52 Å². The maximum absolute atomic E-state index is 12.3. The van der Waals surface area contributed by atoms with E-state index in [2.05, 4.69) is 10.1 Å². The molecule has 0 aromatic carbocycles. The van der Waals surface area contributed by atoms with E-state index in [0.717, 1.165) is 32.0 Å². The van der Waals surface area contributed by atoms with Crippen molar-refractivity contribution in [3.8, 4) is 0 Å². The first kappa shape index (κ1) is 11.4. The van der Waals surface area contributed by atoms with Crippen molar-refractivity contribution < 1.29 is 17.7 Å². The molecule has 1 aliphatic heterocycles. The van der Waals surface area contributed by atoms with Crippen LogP contribution in [0.2, 0.25) is 0 Å². The van der Waals surface area contributed by atoms with Crippen molar-refractivity contribution in [2.45, 2.75) is 24.9 Å². The van der Waals surface area contributed by atoms with Crippen LogP contribution in [0.1, 0.15) is 30.2 Å². The molecule has 90 valence electrons. The van der Waals surface area contributed by atoms with E-state index in [1.807, 2.05) is 7.05 Å². The molecule has 0 aliphatic carbocycles. The van der Waals surface area contributed by atoms with Gasteiger partial charge in [0.05, 0.1) is 0 Å². The highest BCUT2D eigenvalue weighted by Crippen LogP contribution is 2.33. The molecule has 0 amide bonds. The molecule has 1 fully saturated rings. The van der Waals surface area contributed by atoms with Gasteiger partial charge in [-0.05, 0) is 33.0 Å². The number of aromatic nitrogens is 1. The van der Waals surface area contributed by atoms with E-state index in [1.165, 1.54) is 0 Å². The molecule has 0 N–H and O–H groups in total. The van der Waals surface area contributed by atoms with Crippen molar-refractivity contribution in [2.75, 3.05) is 20.1 Å². The summed E-state index contributed by atoms with van der Waals surface area (Å²) in [7, 11) is 2.00. The fourth-order valence-corrected chi connectivity index (χ4v) is 1.91. The van der Waals surface area contributed by atoms with E-state index in [9.17, 15) is 13.2 Å². The van der Waals surface area contributed by atoms with Gasteiger partial charge in [-0.3, -0.25) is 0 Å². The Bertz CT molecular complexity index is 353. The summed E-state index contributed by atoms with van der Waals surface area (Å²) in [6, 6.07) is 1.02. The lowest BCUT2D eigenvalue weighted by atomic mass is 9.94. The number of rotatable bonds is 1. The lowest BCUT2D eigenvalue weighted by Gasteiger charge is -2.27. The van der Waals surface area contributed by atoms with Crippen molar-refractivity contribution in [1.29, 1.82) is 0 Å². The Morgan fingerprint density at radius 3 is 2.50 bits per heavy atom. The van der Waals surface area contributed by atoms with Crippen LogP contribution in [0.4, 0.5) is 13.2 Å². The molecule has 16 heavy (non-hydrogen) atoms. The molecule has 3 nitrogen and oxygen atoms in total. The third-order valence-electron chi connectivity index (χ3n) is 2.94. The lowest BCUT2D eigenvalue weighted by Crippen LogP contribution is -2.29. The highest BCUT2D eigenvalue weighted by molar-refractivity contribution is 5.13. The van der Waals surface area contributed by atoms with Gasteiger partial charge in [0, 0.05) is 12.0 Å². The number of piperidine rings is 1. The fourth-order valence-electron chi connectivity index (χ4n) is 1.91. The van der Waals surface area contributed by atoms with Crippen molar-refractivity contribution in [1.82, 2.24) is 10.1 Å². The maximum Gasteiger partial charge on any atom is 0.436 e. The van der Waals surface area contributed by atoms with Crippen LogP contribution in [0, 0.1) is 0 Å². The summed E-state index contributed by atoms with van der Waals surface area (Å²) in [5.74, 6) is 0.431. The van der Waals surface area contributed by atoms with E-state index < -0.39 is 11.9 Å². The normalized spacial score (nSPS) is 20.2. The van der Waals surface area contributed by atoms with Crippen LogP contribution in [0.15, 0.2) is 10.6 Å². The van der Waals surface area contributed by atoms with Gasteiger partial charge in [-0.1, -0.05) is 5.16 Å². The first-order valence-corrected chi connectivity index (χ1v) is 5.19. The minimum atomic E-state index is -4.41. The van der Waals surface area contributed by atoms with Gasteiger partial charge in [-0.2, -0.15) is 13.2 Å². The third-order valence-corrected chi connectivity index (χ3v) is 2.94. The Labute approximate surface area is 91.2 Å². The molecular weight excluding hydrogens is 221 g/mol. The molecule has 1 aromatic rings. The lowest BCUT2D eigenvalue weighted by molar-refractivity contribution is -0.142. The Morgan fingerprint density at radius 1 is 1.38 bits per heavy atom. The van der Waals surface area contributed by atoms with Crippen molar-refractivity contribution in [2.24, 2.45) is 0 Å². The second kappa shape index (κ2) is 4.08. The van der Waals surface area contributed by atoms with E-state index in [-0.39, 0.29) is 5.92 Å². The molecule has 0 unspecified atom stereocenters. The Hall–Kier alpha value is -1.04. The SMILES string of the molecule is CN1CCC(c2cc(C(F)(F)F)no2)CC1. The summed E-state index contributed by atoms with van der Waals surface area (Å²) in [4.78, 5) is 2.15. The topological polar surface area (TPSA) is 29.3 Å². The summed E-state index contributed by atoms with van der Waals surface area (Å²) in [6.45, 7) is 1.76. The van der Waals surface area contributed by atoms with Crippen LogP contribution in [0.25, 0.3) is 0 Å². The van der Waals surface area contributed by atoms with Crippen LogP contribution in [0.5, 0.6) is 0 Å². The highest BCUT2D eigenvalue weighted by Gasteiger charge is 2.36. The van der Waals surface area contributed by atoms with Gasteiger partial charge < -0.3 is 9.42 Å². The second-order valence-electron chi connectivity index (χ2n) is 4.19. The zero-order valence-electron chi connectivity index (χ0n) is 8.92. The molecule has 6 heteroatoms. The molecule has 0 bridgehead atoms. The monoisotopic (exact) mass is 234 g/mol. The molecule has 1 aliphatic rings. The first-order valence-electron chi connectivity index (χ1n) is 5.19. The molecule has 0 radical (unpaired) electrons. The molecule has 1 aromatic heterocycles. The number of hydrogen-bond donors (Lipinski definition) is 0. The summed E-state index contributed by atoms with van der Waals surface area (Å²) in [5, 5.41) is 3.07. The van der Waals surface area contributed by atoms with Gasteiger partial charge in [-0.15, -0.1) is 0 Å². The Morgan fingerprint density at radius 2 is 2.00 bits per heavy atom. The average molecular weight is 234 g/mol. The Balaban J connectivity index is 2.08. The summed E-state index contributed by atoms with van der Waals surface area (Å²) in [5.41, 5.74) is -0.929. The van der Waals surface area contributed by atoms with E-state index in [1.54, 1.807) is 0 Å². The predicted molar refractivity (Wildman–Crippen MR) is 51.0 cm³/mol. The molecule has 0 saturated carbocycles. The van der Waals surface area contributed by atoms with Gasteiger partial charge >= 0.3 is 6.18 Å². The average Bonchev–Trinajstić information content (AvgIpc) is 2.67. The number of nitrogens with zero attached hydrogens (tertiary/aromatic N) is 2. The largest absolute Gasteiger partial charge is 0.436 e. The second-order valence-corrected chi connectivity index (χ2v) is 4.19. The van der Waals surface area contributed by atoms with Crippen LogP contribution in [-0.4, -0.2) is 30.2 Å². The van der Waals surface area contributed by atoms with Gasteiger partial charge in [0.2, 0.25) is 0 Å². The van der Waals surface area contributed by atoms with Gasteiger partial charge in [0.1, 0.15) is 5.76 Å². The highest BCUT2D eigenvalue weighted by atomic mass is 19.4. The number of hydrogen-bond acceptors (Lipinski definition) is 3. The fraction of sp³-hybridized carbons (Fsp3) is 0.700. The molecule has 2 rings (SSSR count). The smallest absolute Gasteiger partial charge is 0.361 e. The van der Waals surface area contributed by atoms with Gasteiger partial charge in [0.15, 0.2) is 5.69 Å². The predicted octanol–water partition coefficient (Wildman–Crippen LogP) is 2.50. The van der Waals surface area contributed by atoms with E-state index in [0.29, 0.717) is 5.76 Å². The third kappa shape index (κ3) is 2.37. The van der Waals surface area contributed by atoms with Crippen LogP contribution >= 0.6 is 0 Å². The van der Waals surface area contributed by atoms with Crippen molar-refractivity contribution >= 4 is 0 Å². The number of halogens is 3. The molecule has 1 saturated heterocycles. The van der Waals surface area contributed by atoms with E-state index >= 15 is 0 Å². The standard InChI is InChI=1S/C10H13F3N2O/c1-15-4-2-7(3-5-15)8-6-9(14-16-8)10(11,12)13/h6-7H,2-5H2,1H3. The minimum Gasteiger partial charge on any atom is -0.361 e. The number of likely N-dealkylation sites (tertiary alicyclic amines) is 1. The summed E-state index contributed by atoms with van der Waals surface area (Å²) < 4.78 is 41.7. The zero-order valence-corrected chi connectivity index (χ0v) is 8.92. The van der Waals surface area contributed by atoms with Crippen LogP contribution in [-0.2, 0) is 6.18 Å². The minimum absolute atomic E-state index is 0.0693. The Kier molecular flexibility index (Phi) is 2.92.